The Bertz CT molecular complexity index is 1520. The van der Waals surface area contributed by atoms with Gasteiger partial charge in [0.05, 0.1) is 22.1 Å². The number of nitrogens with zero attached hydrogens (tertiary/aromatic N) is 5. The lowest BCUT2D eigenvalue weighted by molar-refractivity contribution is 0.0122. The molecule has 0 radical (unpaired) electrons. The first kappa shape index (κ1) is 31.5. The van der Waals surface area contributed by atoms with Gasteiger partial charge in [0.2, 0.25) is 0 Å². The van der Waals surface area contributed by atoms with Crippen molar-refractivity contribution in [3.05, 3.63) is 21.9 Å². The Kier molecular flexibility index (Phi) is 8.15. The van der Waals surface area contributed by atoms with E-state index in [4.69, 9.17) is 14.5 Å². The molecule has 2 aromatic rings. The van der Waals surface area contributed by atoms with Crippen LogP contribution in [0.15, 0.2) is 10.5 Å². The number of ether oxygens (including phenoxy) is 2. The number of amides is 1. The third-order valence-corrected chi connectivity index (χ3v) is 10.7. The molecule has 238 valence electrons. The lowest BCUT2D eigenvalue weighted by Gasteiger charge is -2.42. The molecular formula is C32H42BrF2N5O3Si. The largest absolute Gasteiger partial charge is 0.461 e. The molecule has 1 aromatic carbocycles. The van der Waals surface area contributed by atoms with Crippen LogP contribution in [-0.2, 0) is 4.74 Å². The van der Waals surface area contributed by atoms with Gasteiger partial charge in [0.1, 0.15) is 37.8 Å². The highest BCUT2D eigenvalue weighted by Gasteiger charge is 2.50. The monoisotopic (exact) mass is 689 g/mol. The smallest absolute Gasteiger partial charge is 0.410 e. The Balaban J connectivity index is 1.38. The van der Waals surface area contributed by atoms with Crippen LogP contribution >= 0.6 is 15.9 Å². The first-order valence-corrected chi connectivity index (χ1v) is 19.9. The second-order valence-electron chi connectivity index (χ2n) is 14.8. The van der Waals surface area contributed by atoms with E-state index in [1.807, 2.05) is 31.7 Å². The summed E-state index contributed by atoms with van der Waals surface area (Å²) in [5.41, 5.74) is 3.06. The number of piperazine rings is 1. The highest BCUT2D eigenvalue weighted by atomic mass is 79.9. The normalized spacial score (nSPS) is 27.0. The maximum atomic E-state index is 16.1. The van der Waals surface area contributed by atoms with Gasteiger partial charge in [0.25, 0.3) is 0 Å². The van der Waals surface area contributed by atoms with Gasteiger partial charge in [-0.2, -0.15) is 9.97 Å². The Morgan fingerprint density at radius 3 is 2.55 bits per heavy atom. The van der Waals surface area contributed by atoms with E-state index >= 15 is 4.39 Å². The Morgan fingerprint density at radius 1 is 1.18 bits per heavy atom. The van der Waals surface area contributed by atoms with Crippen molar-refractivity contribution in [3.8, 4) is 17.5 Å². The van der Waals surface area contributed by atoms with Crippen molar-refractivity contribution in [1.29, 1.82) is 0 Å². The number of hydrogen-bond donors (Lipinski definition) is 0. The van der Waals surface area contributed by atoms with E-state index in [1.165, 1.54) is 0 Å². The predicted octanol–water partition coefficient (Wildman–Crippen LogP) is 6.30. The quantitative estimate of drug-likeness (QED) is 0.276. The van der Waals surface area contributed by atoms with Crippen LogP contribution in [0.1, 0.15) is 58.4 Å². The van der Waals surface area contributed by atoms with Crippen LogP contribution in [0, 0.1) is 17.3 Å². The van der Waals surface area contributed by atoms with Crippen molar-refractivity contribution in [2.45, 2.75) is 102 Å². The van der Waals surface area contributed by atoms with Gasteiger partial charge in [-0.05, 0) is 75.0 Å². The fourth-order valence-electron chi connectivity index (χ4n) is 7.16. The summed E-state index contributed by atoms with van der Waals surface area (Å²) in [6, 6.07) is 1.81. The molecule has 0 saturated carbocycles. The van der Waals surface area contributed by atoms with Gasteiger partial charge in [-0.3, -0.25) is 9.80 Å². The van der Waals surface area contributed by atoms with E-state index in [0.29, 0.717) is 42.8 Å². The van der Waals surface area contributed by atoms with Crippen LogP contribution in [0.25, 0.3) is 10.9 Å². The molecule has 5 heterocycles. The summed E-state index contributed by atoms with van der Waals surface area (Å²) in [6.45, 7) is 14.6. The van der Waals surface area contributed by atoms with Crippen LogP contribution in [-0.4, -0.2) is 96.1 Å². The molecule has 1 aromatic heterocycles. The molecule has 12 heteroatoms. The summed E-state index contributed by atoms with van der Waals surface area (Å²) >= 11 is 3.44. The van der Waals surface area contributed by atoms with Crippen molar-refractivity contribution in [2.24, 2.45) is 0 Å². The number of halogens is 3. The molecule has 2 bridgehead atoms. The number of aromatic nitrogens is 2. The second kappa shape index (κ2) is 11.4. The van der Waals surface area contributed by atoms with E-state index in [-0.39, 0.29) is 46.3 Å². The molecule has 2 unspecified atom stereocenters. The van der Waals surface area contributed by atoms with Crippen LogP contribution in [0.3, 0.4) is 0 Å². The molecule has 4 atom stereocenters. The molecule has 0 spiro atoms. The highest BCUT2D eigenvalue weighted by Crippen LogP contribution is 2.42. The van der Waals surface area contributed by atoms with Gasteiger partial charge >= 0.3 is 12.1 Å². The van der Waals surface area contributed by atoms with Gasteiger partial charge < -0.3 is 14.4 Å². The van der Waals surface area contributed by atoms with Gasteiger partial charge in [-0.1, -0.05) is 25.6 Å². The number of anilines is 1. The molecule has 1 amide bonds. The van der Waals surface area contributed by atoms with E-state index in [0.717, 1.165) is 32.2 Å². The molecule has 4 saturated heterocycles. The van der Waals surface area contributed by atoms with Gasteiger partial charge in [-0.25, -0.2) is 13.6 Å². The lowest BCUT2D eigenvalue weighted by atomic mass is 9.95. The van der Waals surface area contributed by atoms with Gasteiger partial charge in [0.15, 0.2) is 5.82 Å². The topological polar surface area (TPSA) is 71.0 Å². The van der Waals surface area contributed by atoms with Crippen LogP contribution in [0.5, 0.6) is 6.01 Å². The molecule has 0 aliphatic carbocycles. The Morgan fingerprint density at radius 2 is 1.89 bits per heavy atom. The summed E-state index contributed by atoms with van der Waals surface area (Å²) in [4.78, 5) is 28.7. The summed E-state index contributed by atoms with van der Waals surface area (Å²) in [5, 5.41) is 0.549. The number of rotatable bonds is 4. The molecular weight excluding hydrogens is 648 g/mol. The zero-order valence-electron chi connectivity index (χ0n) is 26.5. The maximum absolute atomic E-state index is 16.1. The second-order valence-corrected chi connectivity index (χ2v) is 20.4. The van der Waals surface area contributed by atoms with Crippen molar-refractivity contribution < 1.29 is 23.0 Å². The average molecular weight is 691 g/mol. The zero-order valence-corrected chi connectivity index (χ0v) is 29.1. The van der Waals surface area contributed by atoms with Gasteiger partial charge in [-0.15, -0.1) is 5.54 Å². The fourth-order valence-corrected chi connectivity index (χ4v) is 8.07. The summed E-state index contributed by atoms with van der Waals surface area (Å²) in [7, 11) is -1.73. The van der Waals surface area contributed by atoms with Crippen molar-refractivity contribution in [2.75, 3.05) is 37.7 Å². The van der Waals surface area contributed by atoms with E-state index in [1.54, 1.807) is 0 Å². The molecule has 0 N–H and O–H groups in total. The standard InChI is InChI=1S/C32H42BrF2N5O3Si/c1-31(2,3)43-30(41)40-22-8-9-23(40)18-38(17-22)28-24-14-20(10-13-44(4,5)6)25(33)26(35)27(24)36-29(37-28)42-19-32-11-7-12-39(32)16-21(34)15-32/h14,21-23H,7-9,11-12,15-19H2,1-6H3/t21-,22?,23?,32+/m1/s1. The molecule has 4 aliphatic rings. The third-order valence-electron chi connectivity index (χ3n) is 9.02. The van der Waals surface area contributed by atoms with Crippen LogP contribution in [0.4, 0.5) is 19.4 Å². The number of carbonyl (C=O) groups excluding carboxylic acids is 1. The minimum Gasteiger partial charge on any atom is -0.461 e. The van der Waals surface area contributed by atoms with Crippen molar-refractivity contribution >= 4 is 46.8 Å². The minimum atomic E-state index is -1.73. The Labute approximate surface area is 268 Å². The summed E-state index contributed by atoms with van der Waals surface area (Å²) in [6.07, 6.45) is 2.78. The van der Waals surface area contributed by atoms with E-state index < -0.39 is 25.7 Å². The summed E-state index contributed by atoms with van der Waals surface area (Å²) in [5.74, 6) is 3.25. The number of fused-ring (bicyclic) bond motifs is 4. The van der Waals surface area contributed by atoms with Crippen LogP contribution < -0.4 is 9.64 Å². The number of benzene rings is 1. The van der Waals surface area contributed by atoms with E-state index in [9.17, 15) is 9.18 Å². The Hall–Kier alpha value is -2.49. The van der Waals surface area contributed by atoms with E-state index in [2.05, 4.69) is 61.8 Å². The highest BCUT2D eigenvalue weighted by molar-refractivity contribution is 9.10. The number of alkyl halides is 1. The number of hydrogen-bond acceptors (Lipinski definition) is 7. The molecule has 4 aliphatic heterocycles. The van der Waals surface area contributed by atoms with Gasteiger partial charge in [0, 0.05) is 37.0 Å². The molecule has 6 rings (SSSR count). The fraction of sp³-hybridized carbons (Fsp3) is 0.656. The van der Waals surface area contributed by atoms with Crippen molar-refractivity contribution in [3.63, 3.8) is 0 Å². The minimum absolute atomic E-state index is 0.0599. The number of carbonyl (C=O) groups is 1. The van der Waals surface area contributed by atoms with Crippen molar-refractivity contribution in [1.82, 2.24) is 19.8 Å². The van der Waals surface area contributed by atoms with Crippen LogP contribution in [0.2, 0.25) is 19.6 Å². The molecule has 44 heavy (non-hydrogen) atoms. The first-order chi connectivity index (χ1) is 20.6. The summed E-state index contributed by atoms with van der Waals surface area (Å²) < 4.78 is 42.8. The average Bonchev–Trinajstić information content (AvgIpc) is 3.54. The zero-order chi connectivity index (χ0) is 31.6. The predicted molar refractivity (Wildman–Crippen MR) is 173 cm³/mol. The molecule has 4 fully saturated rings. The maximum Gasteiger partial charge on any atom is 0.410 e. The SMILES string of the molecule is CC(C)(C)OC(=O)N1C2CCC1CN(c1nc(OC[C@@]34CCCN3C[C@H](F)C4)nc3c(F)c(Br)c(C#C[Si](C)(C)C)cc13)C2. The molecule has 8 nitrogen and oxygen atoms in total. The first-order valence-electron chi connectivity index (χ1n) is 15.6. The third kappa shape index (κ3) is 6.16. The lowest BCUT2D eigenvalue weighted by Crippen LogP contribution is -2.57.